The molecule has 0 aromatic heterocycles. The molecule has 2 rings (SSSR count). The minimum Gasteiger partial charge on any atom is -0.493 e. The van der Waals surface area contributed by atoms with Crippen molar-refractivity contribution in [3.63, 3.8) is 0 Å². The minimum absolute atomic E-state index is 0. The maximum absolute atomic E-state index is 12.5. The number of hydrogen-bond donors (Lipinski definition) is 1. The number of benzene rings is 1. The summed E-state index contributed by atoms with van der Waals surface area (Å²) in [5.74, 6) is 1.73. The van der Waals surface area contributed by atoms with E-state index in [1.165, 1.54) is 0 Å². The van der Waals surface area contributed by atoms with Crippen LogP contribution in [-0.2, 0) is 11.2 Å². The number of carbonyl (C=O) groups excluding carboxylic acids is 1. The van der Waals surface area contributed by atoms with Gasteiger partial charge in [0.25, 0.3) is 0 Å². The Balaban J connectivity index is 0.00000264. The molecule has 6 nitrogen and oxygen atoms in total. The number of hydrogen-bond acceptors (Lipinski definition) is 5. The van der Waals surface area contributed by atoms with Crippen molar-refractivity contribution in [2.24, 2.45) is 5.73 Å². The Morgan fingerprint density at radius 1 is 1.22 bits per heavy atom. The predicted molar refractivity (Wildman–Crippen MR) is 90.8 cm³/mol. The summed E-state index contributed by atoms with van der Waals surface area (Å²) in [4.78, 5) is 14.4. The highest BCUT2D eigenvalue weighted by atomic mass is 35.5. The molecular formula is C16H25ClN2O4. The normalized spacial score (nSPS) is 16.7. The van der Waals surface area contributed by atoms with E-state index in [0.29, 0.717) is 30.2 Å². The molecule has 1 amide bonds. The number of methoxy groups -OCH3 is 3. The second-order valence-electron chi connectivity index (χ2n) is 5.33. The Kier molecular flexibility index (Phi) is 7.45. The molecule has 2 N–H and O–H groups in total. The number of rotatable bonds is 6. The molecule has 23 heavy (non-hydrogen) atoms. The van der Waals surface area contributed by atoms with Crippen LogP contribution >= 0.6 is 12.4 Å². The Morgan fingerprint density at radius 2 is 1.83 bits per heavy atom. The van der Waals surface area contributed by atoms with Gasteiger partial charge < -0.3 is 24.8 Å². The van der Waals surface area contributed by atoms with Crippen molar-refractivity contribution >= 4 is 18.3 Å². The molecule has 0 aliphatic carbocycles. The van der Waals surface area contributed by atoms with Crippen LogP contribution in [0.25, 0.3) is 0 Å². The first-order valence-electron chi connectivity index (χ1n) is 7.43. The number of amides is 1. The van der Waals surface area contributed by atoms with Crippen molar-refractivity contribution in [2.75, 3.05) is 34.4 Å². The number of ether oxygens (including phenoxy) is 3. The molecule has 7 heteroatoms. The molecule has 0 saturated carbocycles. The fourth-order valence-electron chi connectivity index (χ4n) is 2.92. The number of likely N-dealkylation sites (tertiary alicyclic amines) is 1. The van der Waals surface area contributed by atoms with Crippen LogP contribution in [-0.4, -0.2) is 51.3 Å². The van der Waals surface area contributed by atoms with Crippen molar-refractivity contribution < 1.29 is 19.0 Å². The van der Waals surface area contributed by atoms with E-state index in [0.717, 1.165) is 24.9 Å². The van der Waals surface area contributed by atoms with Crippen LogP contribution < -0.4 is 19.9 Å². The van der Waals surface area contributed by atoms with E-state index in [-0.39, 0.29) is 24.4 Å². The van der Waals surface area contributed by atoms with Gasteiger partial charge in [-0.3, -0.25) is 4.79 Å². The molecule has 1 aliphatic heterocycles. The van der Waals surface area contributed by atoms with E-state index < -0.39 is 0 Å². The fraction of sp³-hybridized carbons (Fsp3) is 0.562. The molecule has 0 radical (unpaired) electrons. The van der Waals surface area contributed by atoms with E-state index >= 15 is 0 Å². The van der Waals surface area contributed by atoms with Crippen molar-refractivity contribution in [3.8, 4) is 17.2 Å². The zero-order valence-electron chi connectivity index (χ0n) is 13.8. The quantitative estimate of drug-likeness (QED) is 0.849. The van der Waals surface area contributed by atoms with Gasteiger partial charge in [0.2, 0.25) is 11.7 Å². The lowest BCUT2D eigenvalue weighted by atomic mass is 10.1. The summed E-state index contributed by atoms with van der Waals surface area (Å²) >= 11 is 0. The van der Waals surface area contributed by atoms with Crippen molar-refractivity contribution in [3.05, 3.63) is 17.7 Å². The second-order valence-corrected chi connectivity index (χ2v) is 5.33. The van der Waals surface area contributed by atoms with Crippen LogP contribution in [0.15, 0.2) is 12.1 Å². The summed E-state index contributed by atoms with van der Waals surface area (Å²) in [5, 5.41) is 0. The third-order valence-electron chi connectivity index (χ3n) is 4.05. The van der Waals surface area contributed by atoms with Gasteiger partial charge in [0, 0.05) is 19.1 Å². The van der Waals surface area contributed by atoms with E-state index in [9.17, 15) is 4.79 Å². The molecule has 0 bridgehead atoms. The summed E-state index contributed by atoms with van der Waals surface area (Å²) in [7, 11) is 4.68. The van der Waals surface area contributed by atoms with Gasteiger partial charge in [-0.2, -0.15) is 0 Å². The monoisotopic (exact) mass is 344 g/mol. The molecule has 1 saturated heterocycles. The van der Waals surface area contributed by atoms with Gasteiger partial charge in [0.05, 0.1) is 27.8 Å². The van der Waals surface area contributed by atoms with Gasteiger partial charge in [-0.1, -0.05) is 0 Å². The molecule has 130 valence electrons. The first-order chi connectivity index (χ1) is 10.6. The van der Waals surface area contributed by atoms with Crippen LogP contribution in [0.5, 0.6) is 17.2 Å². The lowest BCUT2D eigenvalue weighted by molar-refractivity contribution is -0.131. The van der Waals surface area contributed by atoms with Gasteiger partial charge >= 0.3 is 0 Å². The lowest BCUT2D eigenvalue weighted by Gasteiger charge is -2.24. The SMILES string of the molecule is COc1cc(CC(=O)N2CCCC2CN)cc(OC)c1OC.Cl. The van der Waals surface area contributed by atoms with E-state index in [4.69, 9.17) is 19.9 Å². The third-order valence-corrected chi connectivity index (χ3v) is 4.05. The molecule has 1 atom stereocenters. The van der Waals surface area contributed by atoms with Gasteiger partial charge in [-0.25, -0.2) is 0 Å². The Hall–Kier alpha value is -1.66. The number of halogens is 1. The van der Waals surface area contributed by atoms with E-state index in [2.05, 4.69) is 0 Å². The molecule has 1 unspecified atom stereocenters. The molecule has 1 aromatic carbocycles. The maximum atomic E-state index is 12.5. The first-order valence-corrected chi connectivity index (χ1v) is 7.43. The zero-order valence-corrected chi connectivity index (χ0v) is 14.6. The summed E-state index contributed by atoms with van der Waals surface area (Å²) in [6.45, 7) is 1.30. The van der Waals surface area contributed by atoms with Crippen molar-refractivity contribution in [1.82, 2.24) is 4.90 Å². The van der Waals surface area contributed by atoms with Crippen molar-refractivity contribution in [2.45, 2.75) is 25.3 Å². The number of nitrogens with zero attached hydrogens (tertiary/aromatic N) is 1. The molecule has 1 fully saturated rings. The third kappa shape index (κ3) is 4.20. The van der Waals surface area contributed by atoms with Crippen LogP contribution in [0.3, 0.4) is 0 Å². The summed E-state index contributed by atoms with van der Waals surface area (Å²) < 4.78 is 15.9. The van der Waals surface area contributed by atoms with Crippen molar-refractivity contribution in [1.29, 1.82) is 0 Å². The van der Waals surface area contributed by atoms with Crippen LogP contribution in [0.1, 0.15) is 18.4 Å². The summed E-state index contributed by atoms with van der Waals surface area (Å²) in [5.41, 5.74) is 6.57. The average Bonchev–Trinajstić information content (AvgIpc) is 3.02. The molecule has 1 heterocycles. The largest absolute Gasteiger partial charge is 0.493 e. The number of nitrogens with two attached hydrogens (primary N) is 1. The second kappa shape index (κ2) is 8.84. The topological polar surface area (TPSA) is 74.0 Å². The Bertz CT molecular complexity index is 514. The highest BCUT2D eigenvalue weighted by molar-refractivity contribution is 5.85. The zero-order chi connectivity index (χ0) is 16.1. The van der Waals surface area contributed by atoms with Crippen LogP contribution in [0.4, 0.5) is 0 Å². The van der Waals surface area contributed by atoms with E-state index in [1.807, 2.05) is 17.0 Å². The smallest absolute Gasteiger partial charge is 0.227 e. The summed E-state index contributed by atoms with van der Waals surface area (Å²) in [6.07, 6.45) is 2.30. The average molecular weight is 345 g/mol. The van der Waals surface area contributed by atoms with E-state index in [1.54, 1.807) is 21.3 Å². The van der Waals surface area contributed by atoms with Gasteiger partial charge in [-0.05, 0) is 30.5 Å². The maximum Gasteiger partial charge on any atom is 0.227 e. The molecular weight excluding hydrogens is 320 g/mol. The first kappa shape index (κ1) is 19.4. The molecule has 1 aliphatic rings. The number of carbonyl (C=O) groups is 1. The molecule has 1 aromatic rings. The fourth-order valence-corrected chi connectivity index (χ4v) is 2.92. The highest BCUT2D eigenvalue weighted by Crippen LogP contribution is 2.38. The van der Waals surface area contributed by atoms with Crippen LogP contribution in [0, 0.1) is 0 Å². The van der Waals surface area contributed by atoms with Gasteiger partial charge in [-0.15, -0.1) is 12.4 Å². The standard InChI is InChI=1S/C16H24N2O4.ClH/c1-20-13-7-11(8-14(21-2)16(13)22-3)9-15(19)18-6-4-5-12(18)10-17;/h7-8,12H,4-6,9-10,17H2,1-3H3;1H. The Morgan fingerprint density at radius 3 is 2.30 bits per heavy atom. The highest BCUT2D eigenvalue weighted by Gasteiger charge is 2.27. The lowest BCUT2D eigenvalue weighted by Crippen LogP contribution is -2.40. The Labute approximate surface area is 143 Å². The summed E-state index contributed by atoms with van der Waals surface area (Å²) in [6, 6.07) is 3.79. The predicted octanol–water partition coefficient (Wildman–Crippen LogP) is 1.63. The van der Waals surface area contributed by atoms with Gasteiger partial charge in [0.1, 0.15) is 0 Å². The molecule has 0 spiro atoms. The van der Waals surface area contributed by atoms with Gasteiger partial charge in [0.15, 0.2) is 11.5 Å². The van der Waals surface area contributed by atoms with Crippen LogP contribution in [0.2, 0.25) is 0 Å². The minimum atomic E-state index is 0.